The van der Waals surface area contributed by atoms with Crippen LogP contribution in [0.25, 0.3) is 0 Å². The number of aryl methyl sites for hydroxylation is 1. The average molecular weight is 445 g/mol. The van der Waals surface area contributed by atoms with Crippen molar-refractivity contribution in [2.75, 3.05) is 26.2 Å². The third-order valence-electron chi connectivity index (χ3n) is 6.59. The predicted molar refractivity (Wildman–Crippen MR) is 119 cm³/mol. The van der Waals surface area contributed by atoms with Crippen LogP contribution in [0.3, 0.4) is 0 Å². The van der Waals surface area contributed by atoms with Gasteiger partial charge in [-0.15, -0.1) is 0 Å². The van der Waals surface area contributed by atoms with Gasteiger partial charge in [-0.2, -0.15) is 9.40 Å². The minimum absolute atomic E-state index is 0.123. The first-order valence-corrected chi connectivity index (χ1v) is 12.7. The Balaban J connectivity index is 1.46. The van der Waals surface area contributed by atoms with Gasteiger partial charge in [0.15, 0.2) is 0 Å². The smallest absolute Gasteiger partial charge is 0.246 e. The zero-order valence-corrected chi connectivity index (χ0v) is 19.3. The summed E-state index contributed by atoms with van der Waals surface area (Å²) < 4.78 is 30.2. The molecular formula is C23H32N4O3S. The maximum atomic E-state index is 13.4. The minimum atomic E-state index is -3.66. The fourth-order valence-corrected chi connectivity index (χ4v) is 6.64. The molecule has 1 saturated carbocycles. The van der Waals surface area contributed by atoms with Crippen LogP contribution < -0.4 is 0 Å². The molecule has 0 bridgehead atoms. The number of carbonyl (C=O) groups is 1. The fraction of sp³-hybridized carbons (Fsp3) is 0.565. The lowest BCUT2D eigenvalue weighted by atomic mass is 9.88. The van der Waals surface area contributed by atoms with E-state index in [1.54, 1.807) is 11.6 Å². The lowest BCUT2D eigenvalue weighted by Gasteiger charge is -2.36. The second-order valence-corrected chi connectivity index (χ2v) is 10.6. The number of carbonyl (C=O) groups excluding carboxylic acids is 1. The zero-order chi connectivity index (χ0) is 22.0. The molecule has 1 aromatic heterocycles. The number of nitrogens with zero attached hydrogens (tertiary/aromatic N) is 4. The van der Waals surface area contributed by atoms with Gasteiger partial charge in [-0.05, 0) is 32.3 Å². The summed E-state index contributed by atoms with van der Waals surface area (Å²) in [7, 11) is -3.66. The van der Waals surface area contributed by atoms with Crippen LogP contribution in [-0.4, -0.2) is 59.5 Å². The minimum Gasteiger partial charge on any atom is -0.340 e. The van der Waals surface area contributed by atoms with E-state index in [2.05, 4.69) is 5.10 Å². The number of amides is 1. The van der Waals surface area contributed by atoms with E-state index < -0.39 is 10.0 Å². The van der Waals surface area contributed by atoms with Gasteiger partial charge in [0.05, 0.1) is 17.9 Å². The Bertz CT molecular complexity index is 1020. The second kappa shape index (κ2) is 9.12. The Kier molecular flexibility index (Phi) is 6.48. The second-order valence-electron chi connectivity index (χ2n) is 8.71. The third kappa shape index (κ3) is 4.55. The highest BCUT2D eigenvalue weighted by atomic mass is 32.2. The van der Waals surface area contributed by atoms with Crippen molar-refractivity contribution in [3.05, 3.63) is 47.3 Å². The van der Waals surface area contributed by atoms with E-state index in [1.807, 2.05) is 42.2 Å². The molecule has 168 valence electrons. The van der Waals surface area contributed by atoms with E-state index in [1.165, 1.54) is 10.7 Å². The van der Waals surface area contributed by atoms with Crippen molar-refractivity contribution >= 4 is 15.9 Å². The Hall–Kier alpha value is -2.19. The number of benzene rings is 1. The van der Waals surface area contributed by atoms with Crippen molar-refractivity contribution < 1.29 is 13.2 Å². The molecule has 0 radical (unpaired) electrons. The molecule has 7 nitrogen and oxygen atoms in total. The molecule has 4 rings (SSSR count). The van der Waals surface area contributed by atoms with E-state index in [-0.39, 0.29) is 11.8 Å². The van der Waals surface area contributed by atoms with Crippen molar-refractivity contribution in [2.24, 2.45) is 5.92 Å². The molecule has 0 spiro atoms. The van der Waals surface area contributed by atoms with E-state index in [0.717, 1.165) is 31.2 Å². The van der Waals surface area contributed by atoms with Crippen LogP contribution in [0.5, 0.6) is 0 Å². The Morgan fingerprint density at radius 1 is 1.00 bits per heavy atom. The molecule has 8 heteroatoms. The van der Waals surface area contributed by atoms with Crippen molar-refractivity contribution in [1.29, 1.82) is 0 Å². The highest BCUT2D eigenvalue weighted by Crippen LogP contribution is 2.28. The van der Waals surface area contributed by atoms with E-state index >= 15 is 0 Å². The van der Waals surface area contributed by atoms with Crippen molar-refractivity contribution in [1.82, 2.24) is 19.0 Å². The number of piperazine rings is 1. The van der Waals surface area contributed by atoms with E-state index in [0.29, 0.717) is 49.0 Å². The number of aromatic nitrogens is 2. The molecular weight excluding hydrogens is 412 g/mol. The van der Waals surface area contributed by atoms with Crippen LogP contribution in [0.4, 0.5) is 0 Å². The fourth-order valence-electron chi connectivity index (χ4n) is 4.85. The van der Waals surface area contributed by atoms with Gasteiger partial charge in [0, 0.05) is 32.1 Å². The summed E-state index contributed by atoms with van der Waals surface area (Å²) >= 11 is 0. The van der Waals surface area contributed by atoms with Crippen molar-refractivity contribution in [3.63, 3.8) is 0 Å². The first-order valence-electron chi connectivity index (χ1n) is 11.2. The Labute approximate surface area is 185 Å². The quantitative estimate of drug-likeness (QED) is 0.711. The molecule has 2 aliphatic rings. The molecule has 0 N–H and O–H groups in total. The van der Waals surface area contributed by atoms with Gasteiger partial charge in [-0.25, -0.2) is 8.42 Å². The van der Waals surface area contributed by atoms with Crippen LogP contribution in [-0.2, 0) is 21.4 Å². The molecule has 31 heavy (non-hydrogen) atoms. The average Bonchev–Trinajstić information content (AvgIpc) is 3.08. The van der Waals surface area contributed by atoms with Gasteiger partial charge < -0.3 is 4.90 Å². The first-order chi connectivity index (χ1) is 14.9. The lowest BCUT2D eigenvalue weighted by Crippen LogP contribution is -2.52. The topological polar surface area (TPSA) is 75.5 Å². The molecule has 2 fully saturated rings. The van der Waals surface area contributed by atoms with Crippen LogP contribution in [0.2, 0.25) is 0 Å². The number of rotatable bonds is 5. The van der Waals surface area contributed by atoms with Gasteiger partial charge in [-0.3, -0.25) is 9.48 Å². The maximum Gasteiger partial charge on any atom is 0.246 e. The largest absolute Gasteiger partial charge is 0.340 e. The summed E-state index contributed by atoms with van der Waals surface area (Å²) in [5.74, 6) is 0.331. The van der Waals surface area contributed by atoms with Gasteiger partial charge in [0.25, 0.3) is 0 Å². The number of hydrogen-bond donors (Lipinski definition) is 0. The molecule has 0 unspecified atom stereocenters. The Morgan fingerprint density at radius 3 is 2.29 bits per heavy atom. The number of sulfonamides is 1. The Morgan fingerprint density at radius 2 is 1.65 bits per heavy atom. The molecule has 0 atom stereocenters. The zero-order valence-electron chi connectivity index (χ0n) is 18.5. The summed E-state index contributed by atoms with van der Waals surface area (Å²) in [4.78, 5) is 15.0. The molecule has 1 aromatic carbocycles. The van der Waals surface area contributed by atoms with Gasteiger partial charge in [0.2, 0.25) is 15.9 Å². The molecule has 2 heterocycles. The van der Waals surface area contributed by atoms with Crippen molar-refractivity contribution in [3.8, 4) is 0 Å². The van der Waals surface area contributed by atoms with E-state index in [9.17, 15) is 13.2 Å². The highest BCUT2D eigenvalue weighted by molar-refractivity contribution is 7.89. The van der Waals surface area contributed by atoms with Crippen LogP contribution >= 0.6 is 0 Å². The molecule has 1 aliphatic carbocycles. The summed E-state index contributed by atoms with van der Waals surface area (Å²) in [6.07, 6.45) is 5.39. The van der Waals surface area contributed by atoms with Crippen LogP contribution in [0, 0.1) is 19.8 Å². The summed E-state index contributed by atoms with van der Waals surface area (Å²) in [6.45, 7) is 5.71. The first kappa shape index (κ1) is 22.0. The number of hydrogen-bond acceptors (Lipinski definition) is 4. The summed E-state index contributed by atoms with van der Waals surface area (Å²) in [5.41, 5.74) is 2.25. The standard InChI is InChI=1S/C23H32N4O3S/c1-18-22(19(2)27(24-18)17-20-9-5-3-6-10-20)31(29,30)26-15-13-25(14-16-26)23(28)21-11-7-4-8-12-21/h3,5-6,9-10,21H,4,7-8,11-17H2,1-2H3. The van der Waals surface area contributed by atoms with Crippen LogP contribution in [0.1, 0.15) is 49.1 Å². The molecule has 1 saturated heterocycles. The monoisotopic (exact) mass is 444 g/mol. The van der Waals surface area contributed by atoms with E-state index in [4.69, 9.17) is 0 Å². The van der Waals surface area contributed by atoms with Gasteiger partial charge in [-0.1, -0.05) is 49.6 Å². The predicted octanol–water partition coefficient (Wildman–Crippen LogP) is 2.96. The third-order valence-corrected chi connectivity index (χ3v) is 8.74. The summed E-state index contributed by atoms with van der Waals surface area (Å²) in [5, 5.41) is 4.52. The van der Waals surface area contributed by atoms with Crippen molar-refractivity contribution in [2.45, 2.75) is 57.4 Å². The molecule has 1 aliphatic heterocycles. The summed E-state index contributed by atoms with van der Waals surface area (Å²) in [6, 6.07) is 9.90. The normalized spacial score (nSPS) is 19.0. The SMILES string of the molecule is Cc1nn(Cc2ccccc2)c(C)c1S(=O)(=O)N1CCN(C(=O)C2CCCCC2)CC1. The molecule has 1 amide bonds. The highest BCUT2D eigenvalue weighted by Gasteiger charge is 2.35. The van der Waals surface area contributed by atoms with Gasteiger partial charge in [0.1, 0.15) is 4.90 Å². The van der Waals surface area contributed by atoms with Gasteiger partial charge >= 0.3 is 0 Å². The maximum absolute atomic E-state index is 13.4. The molecule has 2 aromatic rings. The lowest BCUT2D eigenvalue weighted by molar-refractivity contribution is -0.137. The van der Waals surface area contributed by atoms with Crippen LogP contribution in [0.15, 0.2) is 35.2 Å².